The van der Waals surface area contributed by atoms with Crippen LogP contribution in [0.1, 0.15) is 129 Å². The van der Waals surface area contributed by atoms with Crippen LogP contribution in [0.2, 0.25) is 0 Å². The summed E-state index contributed by atoms with van der Waals surface area (Å²) in [5, 5.41) is 111. The summed E-state index contributed by atoms with van der Waals surface area (Å²) in [7, 11) is 0. The van der Waals surface area contributed by atoms with Crippen molar-refractivity contribution in [2.24, 2.45) is 17.6 Å². The monoisotopic (exact) mass is 1080 g/mol. The normalized spacial score (nSPS) is 28.8. The first-order chi connectivity index (χ1) is 35.7. The lowest BCUT2D eigenvalue weighted by atomic mass is 9.91. The minimum Gasteiger partial charge on any atom is -0.506 e. The highest BCUT2D eigenvalue weighted by atomic mass is 16.3. The standard InChI is InChI=1S/C50H81N9O17/c1-5-24(2)18-25(3)12-10-8-6-7-9-11-13-37(67)53-30-21-35(65)46(72)57-48(74)41-33(63)16-17-58(41)50(76)39(34(64)22-36(52)66)55-47(73)40(43(69)42(68)27-14-15-32(62)29(51)19-27)56-45(71)31-20-28(61)23-59(31)49(75)38(26(4)60)54-44(30)70/h14-15,19,24-26,28,30-31,33-35,38-43,46,60-65,68-69,72H,5-13,16-18,20-23,51H2,1-4H3,(H2,52,66)(H,53,67)(H,54,70)(H,55,73)(H,56,71)(H,57,74)/t24?,25?,26-,28+,30?,31-,33-,34-,35+,38-,39-,40-,41-,42-,43-,46+/m0/s1. The van der Waals surface area contributed by atoms with Gasteiger partial charge in [0.05, 0.1) is 36.5 Å². The summed E-state index contributed by atoms with van der Waals surface area (Å²) in [6.07, 6.45) is -10.5. The SMILES string of the molecule is CCC(C)CC(C)CCCCCCCCC(=O)NC1C[C@@H](O)[C@@H](O)NC(=O)[C@@H]2[C@@H](O)CCN2C(=O)[C@H]([C@@H](O)CC(N)=O)NC(=O)[C@H]([C@H](O)[C@@H](O)c2ccc(O)c(N)c2)NC(=O)[C@@H]2C[C@@H](O)CN2C(=O)[C@H]([C@H](C)O)NC1=O. The molecule has 26 heteroatoms. The van der Waals surface area contributed by atoms with Gasteiger partial charge in [0.1, 0.15) is 60.3 Å². The van der Waals surface area contributed by atoms with Crippen molar-refractivity contribution in [3.05, 3.63) is 23.8 Å². The Hall–Kier alpha value is -5.74. The summed E-state index contributed by atoms with van der Waals surface area (Å²) < 4.78 is 0. The zero-order valence-corrected chi connectivity index (χ0v) is 43.6. The van der Waals surface area contributed by atoms with Crippen molar-refractivity contribution < 1.29 is 84.3 Å². The summed E-state index contributed by atoms with van der Waals surface area (Å²) in [5.41, 5.74) is 10.6. The Labute approximate surface area is 441 Å². The number of primary amides is 1. The van der Waals surface area contributed by atoms with E-state index < -0.39 is 171 Å². The average molecular weight is 1080 g/mol. The molecular weight excluding hydrogens is 999 g/mol. The average Bonchev–Trinajstić information content (AvgIpc) is 3.95. The Bertz CT molecular complexity index is 2170. The second kappa shape index (κ2) is 29.1. The highest BCUT2D eigenvalue weighted by molar-refractivity contribution is 5.98. The van der Waals surface area contributed by atoms with Crippen molar-refractivity contribution in [2.75, 3.05) is 18.8 Å². The maximum atomic E-state index is 14.4. The number of aliphatic hydroxyl groups is 8. The second-order valence-corrected chi connectivity index (χ2v) is 20.8. The van der Waals surface area contributed by atoms with Gasteiger partial charge < -0.3 is 93.8 Å². The van der Waals surface area contributed by atoms with Gasteiger partial charge in [0.25, 0.3) is 0 Å². The zero-order chi connectivity index (χ0) is 56.7. The number of rotatable bonds is 20. The summed E-state index contributed by atoms with van der Waals surface area (Å²) in [4.78, 5) is 112. The summed E-state index contributed by atoms with van der Waals surface area (Å²) in [6, 6.07) is -8.91. The number of nitrogen functional groups attached to an aromatic ring is 1. The molecule has 1 aromatic rings. The van der Waals surface area contributed by atoms with Crippen molar-refractivity contribution in [2.45, 2.75) is 203 Å². The number of hydrogen-bond acceptors (Lipinski definition) is 18. The number of aromatic hydroxyl groups is 1. The molecule has 0 bridgehead atoms. The van der Waals surface area contributed by atoms with E-state index in [1.807, 2.05) is 5.32 Å². The van der Waals surface area contributed by atoms with Crippen molar-refractivity contribution in [3.8, 4) is 5.75 Å². The molecule has 3 saturated heterocycles. The number of hydrogen-bond donors (Lipinski definition) is 16. The number of anilines is 1. The van der Waals surface area contributed by atoms with Gasteiger partial charge in [-0.05, 0) is 55.7 Å². The first-order valence-electron chi connectivity index (χ1n) is 26.2. The Morgan fingerprint density at radius 2 is 1.37 bits per heavy atom. The summed E-state index contributed by atoms with van der Waals surface area (Å²) >= 11 is 0. The molecule has 0 aliphatic carbocycles. The predicted octanol–water partition coefficient (Wildman–Crippen LogP) is -3.76. The Kier molecular flexibility index (Phi) is 24.1. The maximum Gasteiger partial charge on any atom is 0.248 e. The summed E-state index contributed by atoms with van der Waals surface area (Å²) in [6.45, 7) is 6.72. The number of carbonyl (C=O) groups excluding carboxylic acids is 8. The van der Waals surface area contributed by atoms with Crippen molar-refractivity contribution >= 4 is 52.9 Å². The molecule has 3 heterocycles. The first kappa shape index (κ1) is 62.8. The number of phenolic OH excluding ortho intramolecular Hbond substituents is 1. The molecule has 1 aromatic carbocycles. The molecule has 8 amide bonds. The first-order valence-corrected chi connectivity index (χ1v) is 26.2. The van der Waals surface area contributed by atoms with Crippen LogP contribution in [-0.2, 0) is 38.4 Å². The van der Waals surface area contributed by atoms with Crippen molar-refractivity contribution in [1.82, 2.24) is 36.4 Å². The van der Waals surface area contributed by atoms with Crippen LogP contribution in [-0.4, -0.2) is 195 Å². The molecule has 0 radical (unpaired) electrons. The number of nitrogens with one attached hydrogen (secondary N) is 5. The zero-order valence-electron chi connectivity index (χ0n) is 43.6. The number of benzene rings is 1. The molecule has 3 fully saturated rings. The molecule has 4 rings (SSSR count). The van der Waals surface area contributed by atoms with Crippen LogP contribution in [0.4, 0.5) is 5.69 Å². The fourth-order valence-electron chi connectivity index (χ4n) is 9.88. The van der Waals surface area contributed by atoms with E-state index in [2.05, 4.69) is 42.0 Å². The van der Waals surface area contributed by atoms with Gasteiger partial charge in [-0.15, -0.1) is 0 Å². The van der Waals surface area contributed by atoms with Crippen LogP contribution in [0.3, 0.4) is 0 Å². The molecule has 3 unspecified atom stereocenters. The highest BCUT2D eigenvalue weighted by Gasteiger charge is 2.49. The molecule has 3 aliphatic rings. The molecule has 26 nitrogen and oxygen atoms in total. The number of unbranched alkanes of at least 4 members (excludes halogenated alkanes) is 5. The summed E-state index contributed by atoms with van der Waals surface area (Å²) in [5.74, 6) is -8.89. The van der Waals surface area contributed by atoms with Gasteiger partial charge in [0, 0.05) is 32.4 Å². The van der Waals surface area contributed by atoms with E-state index >= 15 is 0 Å². The van der Waals surface area contributed by atoms with Crippen molar-refractivity contribution in [1.29, 1.82) is 0 Å². The molecule has 3 aliphatic heterocycles. The number of carbonyl (C=O) groups is 8. The predicted molar refractivity (Wildman–Crippen MR) is 270 cm³/mol. The maximum absolute atomic E-state index is 14.4. The van der Waals surface area contributed by atoms with Crippen LogP contribution in [0, 0.1) is 11.8 Å². The van der Waals surface area contributed by atoms with Gasteiger partial charge in [-0.2, -0.15) is 0 Å². The number of phenols is 1. The van der Waals surface area contributed by atoms with Gasteiger partial charge in [-0.1, -0.05) is 71.8 Å². The Balaban J connectivity index is 1.70. The number of aliphatic hydroxyl groups excluding tert-OH is 8. The molecular formula is C50H81N9O17. The van der Waals surface area contributed by atoms with Gasteiger partial charge in [-0.3, -0.25) is 38.4 Å². The third kappa shape index (κ3) is 17.4. The van der Waals surface area contributed by atoms with E-state index in [4.69, 9.17) is 11.5 Å². The quantitative estimate of drug-likeness (QED) is 0.0339. The second-order valence-electron chi connectivity index (χ2n) is 20.8. The van der Waals surface area contributed by atoms with Gasteiger partial charge >= 0.3 is 0 Å². The van der Waals surface area contributed by atoms with Crippen LogP contribution in [0.25, 0.3) is 0 Å². The van der Waals surface area contributed by atoms with E-state index in [0.717, 1.165) is 68.5 Å². The van der Waals surface area contributed by atoms with E-state index in [0.29, 0.717) is 29.6 Å². The Morgan fingerprint density at radius 3 is 2.00 bits per heavy atom. The fraction of sp³-hybridized carbons (Fsp3) is 0.720. The molecule has 0 aromatic heterocycles. The molecule has 0 saturated carbocycles. The lowest BCUT2D eigenvalue weighted by molar-refractivity contribution is -0.149. The third-order valence-electron chi connectivity index (χ3n) is 14.5. The van der Waals surface area contributed by atoms with Gasteiger partial charge in [0.15, 0.2) is 6.23 Å². The van der Waals surface area contributed by atoms with Crippen LogP contribution < -0.4 is 38.1 Å². The van der Waals surface area contributed by atoms with E-state index in [9.17, 15) is 84.3 Å². The minimum atomic E-state index is -2.42. The molecule has 428 valence electrons. The van der Waals surface area contributed by atoms with Gasteiger partial charge in [0.2, 0.25) is 47.3 Å². The van der Waals surface area contributed by atoms with Crippen LogP contribution >= 0.6 is 0 Å². The van der Waals surface area contributed by atoms with Crippen LogP contribution in [0.5, 0.6) is 5.75 Å². The third-order valence-corrected chi connectivity index (χ3v) is 14.5. The number of amides is 8. The van der Waals surface area contributed by atoms with Gasteiger partial charge in [-0.25, -0.2) is 0 Å². The number of fused-ring (bicyclic) bond motifs is 2. The molecule has 76 heavy (non-hydrogen) atoms. The Morgan fingerprint density at radius 1 is 0.750 bits per heavy atom. The number of nitrogens with two attached hydrogens (primary N) is 2. The van der Waals surface area contributed by atoms with Crippen molar-refractivity contribution in [3.63, 3.8) is 0 Å². The lowest BCUT2D eigenvalue weighted by Crippen LogP contribution is -2.64. The highest BCUT2D eigenvalue weighted by Crippen LogP contribution is 2.29. The van der Waals surface area contributed by atoms with E-state index in [1.165, 1.54) is 6.42 Å². The molecule has 16 atom stereocenters. The lowest BCUT2D eigenvalue weighted by Gasteiger charge is -2.34. The fourth-order valence-corrected chi connectivity index (χ4v) is 9.88. The van der Waals surface area contributed by atoms with E-state index in [1.54, 1.807) is 0 Å². The van der Waals surface area contributed by atoms with Crippen LogP contribution in [0.15, 0.2) is 18.2 Å². The molecule has 0 spiro atoms. The largest absolute Gasteiger partial charge is 0.506 e. The molecule has 18 N–H and O–H groups in total. The minimum absolute atomic E-state index is 0.0854. The topological polar surface area (TPSA) is 437 Å². The number of nitrogens with zero attached hydrogens (tertiary/aromatic N) is 2. The van der Waals surface area contributed by atoms with E-state index in [-0.39, 0.29) is 24.1 Å². The smallest absolute Gasteiger partial charge is 0.248 e.